The third-order valence-electron chi connectivity index (χ3n) is 3.13. The number of hydrogen-bond donors (Lipinski definition) is 1. The van der Waals surface area contributed by atoms with Gasteiger partial charge in [0.1, 0.15) is 5.75 Å². The summed E-state index contributed by atoms with van der Waals surface area (Å²) in [5.74, 6) is 0.835. The fraction of sp³-hybridized carbons (Fsp3) is 0.333. The first kappa shape index (κ1) is 12.2. The van der Waals surface area contributed by atoms with Crippen LogP contribution in [0.25, 0.3) is 11.4 Å². The fourth-order valence-electron chi connectivity index (χ4n) is 2.15. The lowest BCUT2D eigenvalue weighted by Gasteiger charge is -1.98. The van der Waals surface area contributed by atoms with Crippen molar-refractivity contribution in [3.63, 3.8) is 0 Å². The standard InChI is InChI=1S/C12H12N2O4S/c15-10-3-1-2-8(6-10)11-13-12(18-14-11)9-4-5-19(16,17)7-9/h1-3,6,9,15H,4-5,7H2. The molecule has 1 aliphatic rings. The lowest BCUT2D eigenvalue weighted by molar-refractivity contribution is 0.361. The predicted octanol–water partition coefficient (Wildman–Crippen LogP) is 1.34. The zero-order valence-electron chi connectivity index (χ0n) is 9.98. The second-order valence-electron chi connectivity index (χ2n) is 4.61. The summed E-state index contributed by atoms with van der Waals surface area (Å²) in [6.45, 7) is 0. The number of sulfone groups is 1. The smallest absolute Gasteiger partial charge is 0.231 e. The Kier molecular flexibility index (Phi) is 2.78. The Bertz CT molecular complexity index is 708. The van der Waals surface area contributed by atoms with Crippen molar-refractivity contribution in [1.29, 1.82) is 0 Å². The molecule has 0 bridgehead atoms. The molecule has 0 amide bonds. The van der Waals surface area contributed by atoms with E-state index in [-0.39, 0.29) is 23.2 Å². The maximum atomic E-state index is 11.4. The van der Waals surface area contributed by atoms with E-state index in [9.17, 15) is 13.5 Å². The van der Waals surface area contributed by atoms with Crippen molar-refractivity contribution in [1.82, 2.24) is 10.1 Å². The SMILES string of the molecule is O=S1(=O)CCC(c2nc(-c3cccc(O)c3)no2)C1. The summed E-state index contributed by atoms with van der Waals surface area (Å²) in [5.41, 5.74) is 0.635. The third kappa shape index (κ3) is 2.46. The topological polar surface area (TPSA) is 93.3 Å². The molecule has 6 nitrogen and oxygen atoms in total. The van der Waals surface area contributed by atoms with Crippen LogP contribution < -0.4 is 0 Å². The van der Waals surface area contributed by atoms with Crippen molar-refractivity contribution >= 4 is 9.84 Å². The van der Waals surface area contributed by atoms with E-state index in [4.69, 9.17) is 4.52 Å². The molecule has 1 aromatic carbocycles. The van der Waals surface area contributed by atoms with Crippen molar-refractivity contribution in [2.24, 2.45) is 0 Å². The molecule has 0 aliphatic carbocycles. The van der Waals surface area contributed by atoms with Gasteiger partial charge < -0.3 is 9.63 Å². The highest BCUT2D eigenvalue weighted by Crippen LogP contribution is 2.29. The Morgan fingerprint density at radius 1 is 1.37 bits per heavy atom. The first-order chi connectivity index (χ1) is 9.03. The molecule has 3 rings (SSSR count). The molecule has 0 radical (unpaired) electrons. The van der Waals surface area contributed by atoms with Crippen molar-refractivity contribution in [3.8, 4) is 17.1 Å². The maximum Gasteiger partial charge on any atom is 0.231 e. The normalized spacial score (nSPS) is 21.6. The average molecular weight is 280 g/mol. The quantitative estimate of drug-likeness (QED) is 0.892. The van der Waals surface area contributed by atoms with Gasteiger partial charge in [0.2, 0.25) is 11.7 Å². The van der Waals surface area contributed by atoms with Crippen LogP contribution in [0.15, 0.2) is 28.8 Å². The van der Waals surface area contributed by atoms with Crippen LogP contribution in [0.4, 0.5) is 0 Å². The summed E-state index contributed by atoms with van der Waals surface area (Å²) in [6.07, 6.45) is 0.518. The summed E-state index contributed by atoms with van der Waals surface area (Å²) in [7, 11) is -2.97. The summed E-state index contributed by atoms with van der Waals surface area (Å²) < 4.78 is 28.0. The van der Waals surface area contributed by atoms with Crippen molar-refractivity contribution in [2.45, 2.75) is 12.3 Å². The van der Waals surface area contributed by atoms with Gasteiger partial charge >= 0.3 is 0 Å². The fourth-order valence-corrected chi connectivity index (χ4v) is 3.89. The second-order valence-corrected chi connectivity index (χ2v) is 6.84. The predicted molar refractivity (Wildman–Crippen MR) is 67.4 cm³/mol. The van der Waals surface area contributed by atoms with Crippen LogP contribution in [-0.4, -0.2) is 35.2 Å². The van der Waals surface area contributed by atoms with Crippen LogP contribution in [-0.2, 0) is 9.84 Å². The summed E-state index contributed by atoms with van der Waals surface area (Å²) in [4.78, 5) is 4.22. The molecule has 1 saturated heterocycles. The monoisotopic (exact) mass is 280 g/mol. The summed E-state index contributed by atoms with van der Waals surface area (Å²) in [6, 6.07) is 6.51. The molecular weight excluding hydrogens is 268 g/mol. The Labute approximate surface area is 110 Å². The number of rotatable bonds is 2. The van der Waals surface area contributed by atoms with E-state index >= 15 is 0 Å². The molecule has 0 saturated carbocycles. The highest BCUT2D eigenvalue weighted by atomic mass is 32.2. The molecule has 7 heteroatoms. The number of aromatic nitrogens is 2. The number of nitrogens with zero attached hydrogens (tertiary/aromatic N) is 2. The van der Waals surface area contributed by atoms with Crippen LogP contribution in [0.3, 0.4) is 0 Å². The summed E-state index contributed by atoms with van der Waals surface area (Å²) >= 11 is 0. The minimum atomic E-state index is -2.97. The van der Waals surface area contributed by atoms with Crippen LogP contribution in [0.5, 0.6) is 5.75 Å². The second kappa shape index (κ2) is 4.34. The van der Waals surface area contributed by atoms with Crippen LogP contribution >= 0.6 is 0 Å². The lowest BCUT2D eigenvalue weighted by atomic mass is 10.1. The molecule has 1 fully saturated rings. The van der Waals surface area contributed by atoms with Gasteiger partial charge in [-0.1, -0.05) is 17.3 Å². The van der Waals surface area contributed by atoms with Crippen LogP contribution in [0, 0.1) is 0 Å². The Morgan fingerprint density at radius 2 is 2.21 bits per heavy atom. The maximum absolute atomic E-state index is 11.4. The minimum absolute atomic E-state index is 0.0642. The number of phenolic OH excluding ortho intramolecular Hbond substituents is 1. The highest BCUT2D eigenvalue weighted by molar-refractivity contribution is 7.91. The Hall–Kier alpha value is -1.89. The molecule has 2 aromatic rings. The van der Waals surface area contributed by atoms with E-state index in [0.29, 0.717) is 23.7 Å². The molecule has 2 heterocycles. The van der Waals surface area contributed by atoms with Crippen molar-refractivity contribution in [2.75, 3.05) is 11.5 Å². The molecule has 1 N–H and O–H groups in total. The third-order valence-corrected chi connectivity index (χ3v) is 4.90. The van der Waals surface area contributed by atoms with Crippen LogP contribution in [0.1, 0.15) is 18.2 Å². The average Bonchev–Trinajstić information content (AvgIpc) is 2.95. The minimum Gasteiger partial charge on any atom is -0.508 e. The van der Waals surface area contributed by atoms with E-state index in [1.165, 1.54) is 6.07 Å². The molecule has 1 aliphatic heterocycles. The molecule has 100 valence electrons. The van der Waals surface area contributed by atoms with Gasteiger partial charge in [0.25, 0.3) is 0 Å². The highest BCUT2D eigenvalue weighted by Gasteiger charge is 2.33. The van der Waals surface area contributed by atoms with E-state index in [0.717, 1.165) is 0 Å². The summed E-state index contributed by atoms with van der Waals surface area (Å²) in [5, 5.41) is 13.2. The number of phenols is 1. The number of benzene rings is 1. The van der Waals surface area contributed by atoms with E-state index in [2.05, 4.69) is 10.1 Å². The van der Waals surface area contributed by atoms with Gasteiger partial charge in [-0.25, -0.2) is 8.42 Å². The Morgan fingerprint density at radius 3 is 2.89 bits per heavy atom. The zero-order valence-corrected chi connectivity index (χ0v) is 10.8. The number of aromatic hydroxyl groups is 1. The molecule has 1 atom stereocenters. The van der Waals surface area contributed by atoms with Gasteiger partial charge in [-0.15, -0.1) is 0 Å². The van der Waals surface area contributed by atoms with Gasteiger partial charge in [-0.2, -0.15) is 4.98 Å². The number of hydrogen-bond acceptors (Lipinski definition) is 6. The van der Waals surface area contributed by atoms with E-state index < -0.39 is 9.84 Å². The van der Waals surface area contributed by atoms with Gasteiger partial charge in [-0.05, 0) is 18.6 Å². The van der Waals surface area contributed by atoms with Gasteiger partial charge in [0.15, 0.2) is 9.84 Å². The largest absolute Gasteiger partial charge is 0.508 e. The zero-order chi connectivity index (χ0) is 13.5. The first-order valence-corrected chi connectivity index (χ1v) is 7.69. The van der Waals surface area contributed by atoms with Gasteiger partial charge in [0.05, 0.1) is 17.4 Å². The van der Waals surface area contributed by atoms with E-state index in [1.807, 2.05) is 0 Å². The molecule has 1 unspecified atom stereocenters. The molecule has 19 heavy (non-hydrogen) atoms. The lowest BCUT2D eigenvalue weighted by Crippen LogP contribution is -2.03. The molecule has 0 spiro atoms. The first-order valence-electron chi connectivity index (χ1n) is 5.87. The van der Waals surface area contributed by atoms with Crippen molar-refractivity contribution in [3.05, 3.63) is 30.2 Å². The van der Waals surface area contributed by atoms with Gasteiger partial charge in [-0.3, -0.25) is 0 Å². The molecular formula is C12H12N2O4S. The van der Waals surface area contributed by atoms with Crippen molar-refractivity contribution < 1.29 is 18.0 Å². The van der Waals surface area contributed by atoms with Gasteiger partial charge in [0, 0.05) is 5.56 Å². The Balaban J connectivity index is 1.88. The van der Waals surface area contributed by atoms with Crippen LogP contribution in [0.2, 0.25) is 0 Å². The van der Waals surface area contributed by atoms with E-state index in [1.54, 1.807) is 18.2 Å². The molecule has 1 aromatic heterocycles.